The van der Waals surface area contributed by atoms with Crippen molar-refractivity contribution in [1.29, 1.82) is 0 Å². The number of aryl methyl sites for hydroxylation is 2. The fourth-order valence-corrected chi connectivity index (χ4v) is 3.73. The first-order valence-electron chi connectivity index (χ1n) is 10.2. The van der Waals surface area contributed by atoms with E-state index in [-0.39, 0.29) is 35.8 Å². The van der Waals surface area contributed by atoms with Gasteiger partial charge in [-0.3, -0.25) is 4.99 Å². The quantitative estimate of drug-likeness (QED) is 0.276. The van der Waals surface area contributed by atoms with Crippen LogP contribution in [0.25, 0.3) is 5.69 Å². The zero-order valence-corrected chi connectivity index (χ0v) is 20.7. The monoisotopic (exact) mass is 554 g/mol. The molecule has 1 aliphatic rings. The molecule has 0 bridgehead atoms. The molecule has 2 aromatic heterocycles. The lowest BCUT2D eigenvalue weighted by molar-refractivity contribution is 0.177. The summed E-state index contributed by atoms with van der Waals surface area (Å²) in [6.07, 6.45) is 5.18. The number of guanidine groups is 1. The molecule has 1 atom stereocenters. The molecular formula is C21H28FIN8O. The Labute approximate surface area is 203 Å². The van der Waals surface area contributed by atoms with E-state index in [1.165, 1.54) is 6.07 Å². The van der Waals surface area contributed by atoms with Crippen molar-refractivity contribution in [1.82, 2.24) is 34.9 Å². The van der Waals surface area contributed by atoms with Gasteiger partial charge in [0.15, 0.2) is 11.8 Å². The average Bonchev–Trinajstić information content (AvgIpc) is 3.36. The van der Waals surface area contributed by atoms with Crippen molar-refractivity contribution in [3.63, 3.8) is 0 Å². The van der Waals surface area contributed by atoms with Crippen LogP contribution < -0.4 is 10.6 Å². The van der Waals surface area contributed by atoms with Gasteiger partial charge in [0, 0.05) is 45.6 Å². The van der Waals surface area contributed by atoms with Crippen LogP contribution in [0.4, 0.5) is 4.39 Å². The van der Waals surface area contributed by atoms with E-state index in [0.29, 0.717) is 37.2 Å². The first kappa shape index (κ1) is 24.1. The molecule has 9 nitrogen and oxygen atoms in total. The van der Waals surface area contributed by atoms with Gasteiger partial charge < -0.3 is 19.9 Å². The fraction of sp³-hybridized carbons (Fsp3) is 0.429. The van der Waals surface area contributed by atoms with E-state index in [1.807, 2.05) is 17.7 Å². The van der Waals surface area contributed by atoms with Gasteiger partial charge in [0.1, 0.15) is 24.1 Å². The molecule has 0 saturated carbocycles. The highest BCUT2D eigenvalue weighted by Gasteiger charge is 2.22. The minimum absolute atomic E-state index is 0. The highest BCUT2D eigenvalue weighted by molar-refractivity contribution is 14.0. The number of ether oxygens (including phenoxy) is 1. The van der Waals surface area contributed by atoms with E-state index in [1.54, 1.807) is 37.2 Å². The fourth-order valence-electron chi connectivity index (χ4n) is 3.73. The Kier molecular flexibility index (Phi) is 8.18. The lowest BCUT2D eigenvalue weighted by Crippen LogP contribution is -2.46. The molecule has 2 N–H and O–H groups in total. The number of aliphatic imine (C=N–C) groups is 1. The van der Waals surface area contributed by atoms with Crippen molar-refractivity contribution < 1.29 is 9.13 Å². The van der Waals surface area contributed by atoms with E-state index in [4.69, 9.17) is 4.74 Å². The van der Waals surface area contributed by atoms with Gasteiger partial charge in [-0.25, -0.2) is 19.0 Å². The highest BCUT2D eigenvalue weighted by Crippen LogP contribution is 2.17. The van der Waals surface area contributed by atoms with Gasteiger partial charge >= 0.3 is 0 Å². The largest absolute Gasteiger partial charge is 0.377 e. The third kappa shape index (κ3) is 5.44. The zero-order chi connectivity index (χ0) is 21.8. The minimum Gasteiger partial charge on any atom is -0.377 e. The Morgan fingerprint density at radius 3 is 2.91 bits per heavy atom. The molecule has 1 unspecified atom stereocenters. The number of rotatable bonds is 6. The van der Waals surface area contributed by atoms with Crippen molar-refractivity contribution in [3.05, 3.63) is 59.4 Å². The van der Waals surface area contributed by atoms with Crippen LogP contribution in [-0.2, 0) is 30.9 Å². The third-order valence-corrected chi connectivity index (χ3v) is 5.30. The summed E-state index contributed by atoms with van der Waals surface area (Å²) < 4.78 is 23.4. The number of methoxy groups -OCH3 is 1. The molecule has 0 radical (unpaired) electrons. The topological polar surface area (TPSA) is 94.2 Å². The number of nitrogens with one attached hydrogen (secondary N) is 2. The SMILES string of the molecule is CN=C(NCc1ccc(-n2ccnc2C)c(F)c1)NC1CCc2nc(COC)nn2C1.I. The lowest BCUT2D eigenvalue weighted by atomic mass is 10.1. The summed E-state index contributed by atoms with van der Waals surface area (Å²) in [5, 5.41) is 11.2. The summed E-state index contributed by atoms with van der Waals surface area (Å²) in [5.74, 6) is 2.81. The van der Waals surface area contributed by atoms with Crippen LogP contribution in [-0.4, -0.2) is 50.5 Å². The number of hydrogen-bond acceptors (Lipinski definition) is 5. The average molecular weight is 554 g/mol. The predicted octanol–water partition coefficient (Wildman–Crippen LogP) is 2.36. The summed E-state index contributed by atoms with van der Waals surface area (Å²) in [6, 6.07) is 5.38. The number of imidazole rings is 1. The van der Waals surface area contributed by atoms with Crippen molar-refractivity contribution in [2.24, 2.45) is 4.99 Å². The number of nitrogens with zero attached hydrogens (tertiary/aromatic N) is 6. The summed E-state index contributed by atoms with van der Waals surface area (Å²) >= 11 is 0. The van der Waals surface area contributed by atoms with E-state index in [0.717, 1.165) is 30.1 Å². The van der Waals surface area contributed by atoms with Crippen LogP contribution in [0.1, 0.15) is 29.5 Å². The Bertz CT molecular complexity index is 1080. The van der Waals surface area contributed by atoms with E-state index >= 15 is 0 Å². The summed E-state index contributed by atoms with van der Waals surface area (Å²) in [6.45, 7) is 3.42. The lowest BCUT2D eigenvalue weighted by Gasteiger charge is -2.25. The van der Waals surface area contributed by atoms with E-state index < -0.39 is 0 Å². The first-order valence-corrected chi connectivity index (χ1v) is 10.2. The maximum Gasteiger partial charge on any atom is 0.191 e. The molecule has 4 rings (SSSR count). The third-order valence-electron chi connectivity index (χ3n) is 5.30. The maximum absolute atomic E-state index is 14.6. The summed E-state index contributed by atoms with van der Waals surface area (Å²) in [5.41, 5.74) is 1.31. The van der Waals surface area contributed by atoms with Gasteiger partial charge in [0.05, 0.1) is 12.2 Å². The van der Waals surface area contributed by atoms with Gasteiger partial charge in [-0.1, -0.05) is 6.07 Å². The van der Waals surface area contributed by atoms with Crippen molar-refractivity contribution in [2.45, 2.75) is 45.5 Å². The number of hydrogen-bond donors (Lipinski definition) is 2. The zero-order valence-electron chi connectivity index (χ0n) is 18.4. The second-order valence-electron chi connectivity index (χ2n) is 7.50. The van der Waals surface area contributed by atoms with Crippen LogP contribution in [0.5, 0.6) is 0 Å². The van der Waals surface area contributed by atoms with Gasteiger partial charge in [0.2, 0.25) is 0 Å². The van der Waals surface area contributed by atoms with Crippen LogP contribution in [0, 0.1) is 12.7 Å². The second-order valence-corrected chi connectivity index (χ2v) is 7.50. The highest BCUT2D eigenvalue weighted by atomic mass is 127. The molecule has 1 aliphatic heterocycles. The molecule has 3 aromatic rings. The molecule has 0 amide bonds. The maximum atomic E-state index is 14.6. The van der Waals surface area contributed by atoms with E-state index in [2.05, 4.69) is 30.7 Å². The standard InChI is InChI=1S/C21H27FN8O.HI/c1-14-24-8-9-29(14)18-6-4-15(10-17(18)22)11-25-21(23-2)26-16-5-7-20-27-19(13-31-3)28-30(20)12-16;/h4,6,8-10,16H,5,7,11-13H2,1-3H3,(H2,23,25,26);1H. The molecule has 1 aromatic carbocycles. The van der Waals surface area contributed by atoms with Crippen molar-refractivity contribution in [3.8, 4) is 5.69 Å². The number of aromatic nitrogens is 5. The molecule has 3 heterocycles. The molecule has 0 fully saturated rings. The number of fused-ring (bicyclic) bond motifs is 1. The normalized spacial score (nSPS) is 15.8. The molecule has 11 heteroatoms. The van der Waals surface area contributed by atoms with Gasteiger partial charge in [-0.15, -0.1) is 24.0 Å². The van der Waals surface area contributed by atoms with Crippen LogP contribution in [0.15, 0.2) is 35.6 Å². The molecule has 172 valence electrons. The predicted molar refractivity (Wildman–Crippen MR) is 130 cm³/mol. The second kappa shape index (κ2) is 10.9. The van der Waals surface area contributed by atoms with Crippen molar-refractivity contribution in [2.75, 3.05) is 14.2 Å². The Morgan fingerprint density at radius 2 is 2.22 bits per heavy atom. The van der Waals surface area contributed by atoms with Crippen LogP contribution >= 0.6 is 24.0 Å². The molecule has 0 spiro atoms. The minimum atomic E-state index is -0.291. The van der Waals surface area contributed by atoms with Gasteiger partial charge in [0.25, 0.3) is 0 Å². The Hall–Kier alpha value is -2.54. The summed E-state index contributed by atoms with van der Waals surface area (Å²) in [4.78, 5) is 13.0. The van der Waals surface area contributed by atoms with Gasteiger partial charge in [-0.2, -0.15) is 5.10 Å². The molecule has 0 aliphatic carbocycles. The van der Waals surface area contributed by atoms with E-state index in [9.17, 15) is 4.39 Å². The summed E-state index contributed by atoms with van der Waals surface area (Å²) in [7, 11) is 3.36. The van der Waals surface area contributed by atoms with Crippen LogP contribution in [0.3, 0.4) is 0 Å². The molecule has 32 heavy (non-hydrogen) atoms. The Morgan fingerprint density at radius 1 is 1.38 bits per heavy atom. The van der Waals surface area contributed by atoms with Crippen molar-refractivity contribution >= 4 is 29.9 Å². The van der Waals surface area contributed by atoms with Crippen LogP contribution in [0.2, 0.25) is 0 Å². The number of benzene rings is 1. The van der Waals surface area contributed by atoms with Gasteiger partial charge in [-0.05, 0) is 31.0 Å². The molecular weight excluding hydrogens is 526 g/mol. The smallest absolute Gasteiger partial charge is 0.191 e. The first-order chi connectivity index (χ1) is 15.1. The Balaban J connectivity index is 0.00000289. The number of halogens is 2. The molecule has 0 saturated heterocycles.